The average Bonchev–Trinajstić information content (AvgIpc) is 3.40. The maximum atomic E-state index is 13.6. The molecule has 3 rings (SSSR count). The fourth-order valence-electron chi connectivity index (χ4n) is 5.00. The molecule has 2 amide bonds. The molecule has 1 aliphatic rings. The van der Waals surface area contributed by atoms with Crippen molar-refractivity contribution in [2.75, 3.05) is 24.2 Å². The topological polar surface area (TPSA) is 96.0 Å². The Morgan fingerprint density at radius 2 is 1.74 bits per heavy atom. The Morgan fingerprint density at radius 1 is 1.08 bits per heavy atom. The van der Waals surface area contributed by atoms with E-state index in [2.05, 4.69) is 5.32 Å². The highest BCUT2D eigenvalue weighted by atomic mass is 32.2. The highest BCUT2D eigenvalue weighted by Gasteiger charge is 2.31. The van der Waals surface area contributed by atoms with Crippen LogP contribution in [0.15, 0.2) is 48.5 Å². The van der Waals surface area contributed by atoms with Crippen LogP contribution in [-0.2, 0) is 26.2 Å². The molecule has 0 saturated heterocycles. The Labute approximate surface area is 227 Å². The molecular weight excluding hydrogens is 502 g/mol. The van der Waals surface area contributed by atoms with Crippen molar-refractivity contribution in [3.8, 4) is 5.75 Å². The van der Waals surface area contributed by atoms with Crippen LogP contribution in [0.25, 0.3) is 0 Å². The minimum Gasteiger partial charge on any atom is -0.495 e. The van der Waals surface area contributed by atoms with Gasteiger partial charge in [0.1, 0.15) is 11.8 Å². The van der Waals surface area contributed by atoms with Gasteiger partial charge in [0.15, 0.2) is 0 Å². The van der Waals surface area contributed by atoms with Crippen molar-refractivity contribution in [3.63, 3.8) is 0 Å². The number of sulfonamides is 1. The van der Waals surface area contributed by atoms with E-state index in [1.807, 2.05) is 38.1 Å². The van der Waals surface area contributed by atoms with Crippen molar-refractivity contribution >= 4 is 27.5 Å². The fraction of sp³-hybridized carbons (Fsp3) is 0.517. The van der Waals surface area contributed by atoms with E-state index in [4.69, 9.17) is 4.74 Å². The molecule has 0 aromatic heterocycles. The molecule has 2 aromatic rings. The molecule has 1 atom stereocenters. The van der Waals surface area contributed by atoms with Crippen molar-refractivity contribution < 1.29 is 22.7 Å². The van der Waals surface area contributed by atoms with E-state index in [1.165, 1.54) is 11.4 Å². The Kier molecular flexibility index (Phi) is 10.6. The molecule has 208 valence electrons. The van der Waals surface area contributed by atoms with Crippen LogP contribution in [0.3, 0.4) is 0 Å². The summed E-state index contributed by atoms with van der Waals surface area (Å²) in [5, 5.41) is 3.15. The lowest BCUT2D eigenvalue weighted by atomic mass is 10.1. The van der Waals surface area contributed by atoms with E-state index < -0.39 is 16.1 Å². The number of nitrogens with zero attached hydrogens (tertiary/aromatic N) is 2. The van der Waals surface area contributed by atoms with E-state index in [-0.39, 0.29) is 30.8 Å². The molecule has 0 bridgehead atoms. The van der Waals surface area contributed by atoms with E-state index in [1.54, 1.807) is 29.2 Å². The van der Waals surface area contributed by atoms with E-state index in [9.17, 15) is 18.0 Å². The lowest BCUT2D eigenvalue weighted by Gasteiger charge is -2.32. The summed E-state index contributed by atoms with van der Waals surface area (Å²) in [5.41, 5.74) is 2.50. The van der Waals surface area contributed by atoms with E-state index >= 15 is 0 Å². The number of carbonyl (C=O) groups excluding carboxylic acids is 2. The number of anilines is 1. The van der Waals surface area contributed by atoms with Gasteiger partial charge in [-0.15, -0.1) is 0 Å². The first-order valence-corrected chi connectivity index (χ1v) is 15.2. The van der Waals surface area contributed by atoms with Gasteiger partial charge in [0, 0.05) is 25.6 Å². The second-order valence-corrected chi connectivity index (χ2v) is 11.9. The maximum Gasteiger partial charge on any atom is 0.243 e. The van der Waals surface area contributed by atoms with E-state index in [0.29, 0.717) is 30.8 Å². The van der Waals surface area contributed by atoms with Crippen LogP contribution < -0.4 is 14.4 Å². The molecule has 0 radical (unpaired) electrons. The summed E-state index contributed by atoms with van der Waals surface area (Å²) in [5.74, 6) is 0.152. The van der Waals surface area contributed by atoms with Crippen LogP contribution in [0.2, 0.25) is 0 Å². The highest BCUT2D eigenvalue weighted by Crippen LogP contribution is 2.30. The Bertz CT molecular complexity index is 1180. The standard InChI is InChI=1S/C29H41N3O5S/c1-5-25(29(34)30-24-11-6-7-12-24)31(21-23-18-16-22(2)17-19-23)28(33)15-10-20-32(38(4,35)36)26-13-8-9-14-27(26)37-3/h8-9,13-14,16-19,24-25H,5-7,10-12,15,20-21H2,1-4H3,(H,30,34). The molecule has 8 nitrogen and oxygen atoms in total. The molecule has 38 heavy (non-hydrogen) atoms. The molecule has 9 heteroatoms. The summed E-state index contributed by atoms with van der Waals surface area (Å²) in [7, 11) is -2.11. The molecule has 1 fully saturated rings. The summed E-state index contributed by atoms with van der Waals surface area (Å²) in [6.07, 6.45) is 6.21. The zero-order valence-corrected chi connectivity index (χ0v) is 23.8. The number of carbonyl (C=O) groups is 2. The summed E-state index contributed by atoms with van der Waals surface area (Å²) in [4.78, 5) is 28.5. The van der Waals surface area contributed by atoms with Crippen molar-refractivity contribution in [3.05, 3.63) is 59.7 Å². The largest absolute Gasteiger partial charge is 0.495 e. The minimum absolute atomic E-state index is 0.111. The minimum atomic E-state index is -3.60. The second kappa shape index (κ2) is 13.6. The van der Waals surface area contributed by atoms with Crippen LogP contribution in [0.1, 0.15) is 63.0 Å². The van der Waals surface area contributed by atoms with Gasteiger partial charge in [-0.05, 0) is 50.3 Å². The molecule has 0 heterocycles. The zero-order valence-electron chi connectivity index (χ0n) is 23.0. The first-order valence-electron chi connectivity index (χ1n) is 13.4. The second-order valence-electron chi connectivity index (χ2n) is 10.0. The number of rotatable bonds is 13. The van der Waals surface area contributed by atoms with Crippen molar-refractivity contribution in [1.29, 1.82) is 0 Å². The fourth-order valence-corrected chi connectivity index (χ4v) is 5.96. The number of ether oxygens (including phenoxy) is 1. The summed E-state index contributed by atoms with van der Waals surface area (Å²) in [6, 6.07) is 14.4. The van der Waals surface area contributed by atoms with Gasteiger partial charge in [-0.1, -0.05) is 61.7 Å². The first kappa shape index (κ1) is 29.5. The van der Waals surface area contributed by atoms with Gasteiger partial charge in [0.2, 0.25) is 21.8 Å². The van der Waals surface area contributed by atoms with Crippen LogP contribution >= 0.6 is 0 Å². The van der Waals surface area contributed by atoms with Gasteiger partial charge in [-0.3, -0.25) is 13.9 Å². The third-order valence-corrected chi connectivity index (χ3v) is 8.25. The summed E-state index contributed by atoms with van der Waals surface area (Å²) >= 11 is 0. The number of benzene rings is 2. The van der Waals surface area contributed by atoms with Gasteiger partial charge in [-0.2, -0.15) is 0 Å². The Hall–Kier alpha value is -3.07. The van der Waals surface area contributed by atoms with Gasteiger partial charge in [0.05, 0.1) is 19.1 Å². The van der Waals surface area contributed by atoms with Gasteiger partial charge in [0.25, 0.3) is 0 Å². The predicted octanol–water partition coefficient (Wildman–Crippen LogP) is 4.42. The first-order chi connectivity index (χ1) is 18.1. The normalized spacial score (nSPS) is 14.6. The quantitative estimate of drug-likeness (QED) is 0.404. The number of methoxy groups -OCH3 is 1. The Morgan fingerprint density at radius 3 is 2.34 bits per heavy atom. The molecule has 0 spiro atoms. The number of nitrogens with one attached hydrogen (secondary N) is 1. The van der Waals surface area contributed by atoms with Crippen LogP contribution in [0, 0.1) is 6.92 Å². The van der Waals surface area contributed by atoms with Crippen LogP contribution in [0.5, 0.6) is 5.75 Å². The van der Waals surface area contributed by atoms with Crippen molar-refractivity contribution in [2.24, 2.45) is 0 Å². The van der Waals surface area contributed by atoms with Crippen LogP contribution in [-0.4, -0.2) is 57.1 Å². The molecule has 0 aliphatic heterocycles. The summed E-state index contributed by atoms with van der Waals surface area (Å²) in [6.45, 7) is 4.36. The Balaban J connectivity index is 1.77. The number of para-hydroxylation sites is 2. The molecule has 1 saturated carbocycles. The molecule has 1 unspecified atom stereocenters. The molecule has 2 aromatic carbocycles. The number of amides is 2. The highest BCUT2D eigenvalue weighted by molar-refractivity contribution is 7.92. The van der Waals surface area contributed by atoms with Gasteiger partial charge in [-0.25, -0.2) is 8.42 Å². The number of aryl methyl sites for hydroxylation is 1. The smallest absolute Gasteiger partial charge is 0.243 e. The van der Waals surface area contributed by atoms with Crippen molar-refractivity contribution in [2.45, 2.75) is 77.4 Å². The molecular formula is C29H41N3O5S. The lowest BCUT2D eigenvalue weighted by molar-refractivity contribution is -0.141. The monoisotopic (exact) mass is 543 g/mol. The third kappa shape index (κ3) is 7.96. The maximum absolute atomic E-state index is 13.6. The average molecular weight is 544 g/mol. The van der Waals surface area contributed by atoms with Crippen LogP contribution in [0.4, 0.5) is 5.69 Å². The molecule has 1 N–H and O–H groups in total. The predicted molar refractivity (Wildman–Crippen MR) is 151 cm³/mol. The number of hydrogen-bond acceptors (Lipinski definition) is 5. The van der Waals surface area contributed by atoms with Gasteiger partial charge < -0.3 is 15.0 Å². The molecule has 1 aliphatic carbocycles. The van der Waals surface area contributed by atoms with Crippen molar-refractivity contribution in [1.82, 2.24) is 10.2 Å². The number of hydrogen-bond donors (Lipinski definition) is 1. The zero-order chi connectivity index (χ0) is 27.7. The van der Waals surface area contributed by atoms with Gasteiger partial charge >= 0.3 is 0 Å². The lowest BCUT2D eigenvalue weighted by Crippen LogP contribution is -2.51. The third-order valence-electron chi connectivity index (χ3n) is 7.07. The van der Waals surface area contributed by atoms with E-state index in [0.717, 1.165) is 43.1 Å². The summed E-state index contributed by atoms with van der Waals surface area (Å²) < 4.78 is 31.9. The SMILES string of the molecule is CCC(C(=O)NC1CCCC1)N(Cc1ccc(C)cc1)C(=O)CCCN(c1ccccc1OC)S(C)(=O)=O.